The van der Waals surface area contributed by atoms with E-state index in [-0.39, 0.29) is 35.6 Å². The van der Waals surface area contributed by atoms with Gasteiger partial charge in [0.2, 0.25) is 0 Å². The van der Waals surface area contributed by atoms with Crippen LogP contribution in [-0.2, 0) is 38.5 Å². The van der Waals surface area contributed by atoms with Gasteiger partial charge < -0.3 is 24.8 Å². The fraction of sp³-hybridized carbons (Fsp3) is 0.256. The zero-order valence-electron chi connectivity index (χ0n) is 26.2. The van der Waals surface area contributed by atoms with Crippen LogP contribution < -0.4 is 28.1 Å². The van der Waals surface area contributed by atoms with Gasteiger partial charge in [0.1, 0.15) is 0 Å². The molecule has 0 nitrogen and oxygen atoms in total. The molecule has 0 bridgehead atoms. The molecule has 0 aromatic heterocycles. The number of hydrogen-bond donors (Lipinski definition) is 0. The first-order valence-electron chi connectivity index (χ1n) is 14.8. The van der Waals surface area contributed by atoms with Crippen molar-refractivity contribution in [1.29, 1.82) is 0 Å². The second-order valence-electron chi connectivity index (χ2n) is 13.7. The summed E-state index contributed by atoms with van der Waals surface area (Å²) in [5.41, 5.74) is 11.8. The predicted octanol–water partition coefficient (Wildman–Crippen LogP) is 4.74. The van der Waals surface area contributed by atoms with Crippen LogP contribution in [0.5, 0.6) is 0 Å². The second-order valence-corrected chi connectivity index (χ2v) is 21.4. The fourth-order valence-corrected chi connectivity index (χ4v) is 15.9. The summed E-state index contributed by atoms with van der Waals surface area (Å²) in [7, 11) is 0. The molecule has 0 unspecified atom stereocenters. The Morgan fingerprint density at radius 3 is 1.75 bits per heavy atom. The van der Waals surface area contributed by atoms with Gasteiger partial charge in [0.25, 0.3) is 0 Å². The SMILES string of the molecule is CC(C)(C)c1ccc2c(c1)Cc1c-2ccc(C(C)(C)C)[c]1[Zr+2]([C]1=CC=CC1)=[C](c1ccc(Br)cc1)c1ccc(Br)cc1.[Cl-].[Cl-]. The van der Waals surface area contributed by atoms with Crippen LogP contribution in [0.3, 0.4) is 0 Å². The Bertz CT molecular complexity index is 1740. The van der Waals surface area contributed by atoms with Crippen LogP contribution in [0.25, 0.3) is 11.1 Å². The number of fused-ring (bicyclic) bond motifs is 3. The standard InChI is InChI=1S/C21H25.C13H8Br2.C5H5.2ClH.Zr/c1-20(2,3)16-7-9-18-14(12-16)11-15-13-17(21(4,5)6)8-10-19(15)18;14-12-5-1-10(2-6-12)9-11-3-7-13(15)8-4-11;1-2-4-5-3-1;;;/h7-10,12H,11H2,1-6H3;1-8H;1-3H,4H2;2*1H;/q;;;;;+2/p-2. The van der Waals surface area contributed by atoms with Crippen LogP contribution in [-0.4, -0.2) is 3.21 Å². The van der Waals surface area contributed by atoms with Crippen LogP contribution in [0.15, 0.2) is 109 Å². The van der Waals surface area contributed by atoms with Gasteiger partial charge in [-0.15, -0.1) is 0 Å². The van der Waals surface area contributed by atoms with Crippen molar-refractivity contribution < 1.29 is 46.1 Å². The summed E-state index contributed by atoms with van der Waals surface area (Å²) < 4.78 is 7.15. The molecule has 226 valence electrons. The minimum Gasteiger partial charge on any atom is -1.00 e. The molecule has 0 saturated carbocycles. The summed E-state index contributed by atoms with van der Waals surface area (Å²) in [6.07, 6.45) is 9.19. The first kappa shape index (κ1) is 35.5. The van der Waals surface area contributed by atoms with Gasteiger partial charge in [-0.1, -0.05) is 0 Å². The van der Waals surface area contributed by atoms with E-state index in [1.165, 1.54) is 38.9 Å². The quantitative estimate of drug-likeness (QED) is 0.246. The average Bonchev–Trinajstić information content (AvgIpc) is 3.59. The minimum absolute atomic E-state index is 0. The number of rotatable bonds is 4. The van der Waals surface area contributed by atoms with Gasteiger partial charge in [0.05, 0.1) is 0 Å². The van der Waals surface area contributed by atoms with Gasteiger partial charge >= 0.3 is 279 Å². The van der Waals surface area contributed by atoms with Crippen LogP contribution >= 0.6 is 31.9 Å². The second kappa shape index (κ2) is 13.8. The summed E-state index contributed by atoms with van der Waals surface area (Å²) in [6, 6.07) is 30.3. The molecule has 0 spiro atoms. The van der Waals surface area contributed by atoms with Crippen molar-refractivity contribution in [3.63, 3.8) is 0 Å². The number of halogens is 4. The molecule has 0 heterocycles. The van der Waals surface area contributed by atoms with Crippen molar-refractivity contribution in [2.24, 2.45) is 0 Å². The largest absolute Gasteiger partial charge is 1.00 e. The Morgan fingerprint density at radius 2 is 1.25 bits per heavy atom. The molecule has 5 heteroatoms. The van der Waals surface area contributed by atoms with Crippen LogP contribution in [0, 0.1) is 0 Å². The molecule has 0 saturated heterocycles. The third kappa shape index (κ3) is 6.99. The molecule has 4 aromatic carbocycles. The van der Waals surface area contributed by atoms with Crippen molar-refractivity contribution in [3.05, 3.63) is 143 Å². The normalized spacial score (nSPS) is 13.2. The molecule has 6 rings (SSSR count). The van der Waals surface area contributed by atoms with Gasteiger partial charge in [-0.25, -0.2) is 0 Å². The molecular weight excluding hydrogens is 790 g/mol. The molecule has 2 aliphatic rings. The van der Waals surface area contributed by atoms with Gasteiger partial charge in [-0.3, -0.25) is 0 Å². The maximum absolute atomic E-state index is 3.70. The fourth-order valence-electron chi connectivity index (χ4n) is 6.42. The van der Waals surface area contributed by atoms with E-state index in [1.54, 1.807) is 15.3 Å². The molecular formula is C39H38Br2Cl2Zr. The molecule has 0 aliphatic heterocycles. The molecule has 0 amide bonds. The zero-order chi connectivity index (χ0) is 29.8. The third-order valence-electron chi connectivity index (χ3n) is 8.61. The predicted molar refractivity (Wildman–Crippen MR) is 185 cm³/mol. The van der Waals surface area contributed by atoms with E-state index < -0.39 is 21.3 Å². The van der Waals surface area contributed by atoms with E-state index in [0.717, 1.165) is 21.8 Å². The summed E-state index contributed by atoms with van der Waals surface area (Å²) in [4.78, 5) is 0. The molecule has 0 atom stereocenters. The summed E-state index contributed by atoms with van der Waals surface area (Å²) in [5.74, 6) is 0. The number of hydrogen-bond acceptors (Lipinski definition) is 0. The Hall–Kier alpha value is -1.35. The number of allylic oxidation sites excluding steroid dienone is 4. The zero-order valence-corrected chi connectivity index (χ0v) is 33.3. The van der Waals surface area contributed by atoms with E-state index in [2.05, 4.69) is 170 Å². The van der Waals surface area contributed by atoms with Gasteiger partial charge in [-0.2, -0.15) is 0 Å². The molecule has 4 aromatic rings. The van der Waals surface area contributed by atoms with E-state index >= 15 is 0 Å². The molecule has 44 heavy (non-hydrogen) atoms. The number of benzene rings is 4. The first-order valence-corrected chi connectivity index (χ1v) is 20.1. The first-order chi connectivity index (χ1) is 19.9. The smallest absolute Gasteiger partial charge is 1.00 e. The van der Waals surface area contributed by atoms with Gasteiger partial charge in [0.15, 0.2) is 0 Å². The maximum atomic E-state index is 3.70. The molecule has 0 N–H and O–H groups in total. The van der Waals surface area contributed by atoms with Crippen LogP contribution in [0.2, 0.25) is 0 Å². The van der Waals surface area contributed by atoms with E-state index in [4.69, 9.17) is 0 Å². The van der Waals surface area contributed by atoms with Crippen molar-refractivity contribution >= 4 is 38.3 Å². The van der Waals surface area contributed by atoms with Crippen molar-refractivity contribution in [2.75, 3.05) is 0 Å². The average molecular weight is 829 g/mol. The van der Waals surface area contributed by atoms with Gasteiger partial charge in [0, 0.05) is 0 Å². The molecule has 2 aliphatic carbocycles. The monoisotopic (exact) mass is 824 g/mol. The van der Waals surface area contributed by atoms with E-state index in [9.17, 15) is 0 Å². The Kier molecular flexibility index (Phi) is 11.1. The Balaban J connectivity index is 0.00000221. The third-order valence-corrected chi connectivity index (χ3v) is 17.4. The molecule has 0 radical (unpaired) electrons. The molecule has 0 fully saturated rings. The Labute approximate surface area is 300 Å². The van der Waals surface area contributed by atoms with E-state index in [1.807, 2.05) is 0 Å². The Morgan fingerprint density at radius 1 is 0.682 bits per heavy atom. The summed E-state index contributed by atoms with van der Waals surface area (Å²) >= 11 is 4.63. The van der Waals surface area contributed by atoms with Crippen molar-refractivity contribution in [2.45, 2.75) is 65.2 Å². The minimum atomic E-state index is -2.77. The maximum Gasteiger partial charge on any atom is -1.00 e. The van der Waals surface area contributed by atoms with Crippen molar-refractivity contribution in [3.8, 4) is 11.1 Å². The topological polar surface area (TPSA) is 0 Å². The van der Waals surface area contributed by atoms with Gasteiger partial charge in [-0.05, 0) is 0 Å². The van der Waals surface area contributed by atoms with Crippen molar-refractivity contribution in [1.82, 2.24) is 0 Å². The van der Waals surface area contributed by atoms with Crippen LogP contribution in [0.4, 0.5) is 0 Å². The summed E-state index contributed by atoms with van der Waals surface area (Å²) in [5, 5.41) is 0. The van der Waals surface area contributed by atoms with Crippen LogP contribution in [0.1, 0.15) is 81.3 Å². The summed E-state index contributed by atoms with van der Waals surface area (Å²) in [6.45, 7) is 14.2. The van der Waals surface area contributed by atoms with E-state index in [0.29, 0.717) is 0 Å².